The molecule has 0 unspecified atom stereocenters. The quantitative estimate of drug-likeness (QED) is 0.580. The zero-order chi connectivity index (χ0) is 12.3. The summed E-state index contributed by atoms with van der Waals surface area (Å²) in [5, 5.41) is 0. The van der Waals surface area contributed by atoms with Crippen LogP contribution >= 0.6 is 0 Å². The molecule has 0 aliphatic rings. The van der Waals surface area contributed by atoms with Crippen LogP contribution in [-0.4, -0.2) is 26.4 Å². The maximum absolute atomic E-state index is 12.4. The van der Waals surface area contributed by atoms with Crippen LogP contribution in [0.1, 0.15) is 10.4 Å². The lowest BCUT2D eigenvalue weighted by atomic mass is 10.2. The van der Waals surface area contributed by atoms with E-state index in [9.17, 15) is 18.0 Å². The van der Waals surface area contributed by atoms with E-state index < -0.39 is 12.3 Å². The average molecular weight is 233 g/mol. The summed E-state index contributed by atoms with van der Waals surface area (Å²) in [4.78, 5) is 11.2. The summed E-state index contributed by atoms with van der Waals surface area (Å²) in [5.74, 6) is -0.669. The number of halogens is 3. The van der Waals surface area contributed by atoms with Gasteiger partial charge < -0.3 is 4.74 Å². The number of carbonyl (C=O) groups is 1. The molecule has 0 N–H and O–H groups in total. The van der Waals surface area contributed by atoms with Crippen molar-refractivity contribution in [1.29, 1.82) is 0 Å². The van der Waals surface area contributed by atoms with Gasteiger partial charge >= 0.3 is 12.3 Å². The van der Waals surface area contributed by atoms with Crippen molar-refractivity contribution >= 4 is 11.7 Å². The van der Waals surface area contributed by atoms with Crippen LogP contribution in [-0.2, 0) is 4.74 Å². The van der Waals surface area contributed by atoms with Crippen LogP contribution in [0, 0.1) is 0 Å². The van der Waals surface area contributed by atoms with Gasteiger partial charge in [0.05, 0.1) is 12.7 Å². The fourth-order valence-electron chi connectivity index (χ4n) is 1.11. The molecule has 1 rings (SSSR count). The number of nitrogens with zero attached hydrogens (tertiary/aromatic N) is 1. The van der Waals surface area contributed by atoms with Crippen molar-refractivity contribution in [2.24, 2.45) is 0 Å². The van der Waals surface area contributed by atoms with Gasteiger partial charge in [0.2, 0.25) is 0 Å². The summed E-state index contributed by atoms with van der Waals surface area (Å²) >= 11 is 0. The van der Waals surface area contributed by atoms with E-state index in [1.165, 1.54) is 25.3 Å². The first-order valence-corrected chi connectivity index (χ1v) is 4.35. The Kier molecular flexibility index (Phi) is 3.41. The minimum Gasteiger partial charge on any atom is -0.465 e. The van der Waals surface area contributed by atoms with E-state index in [0.29, 0.717) is 0 Å². The minimum absolute atomic E-state index is 0.0797. The van der Waals surface area contributed by atoms with Gasteiger partial charge in [-0.3, -0.25) is 4.90 Å². The third-order valence-corrected chi connectivity index (χ3v) is 2.03. The third-order valence-electron chi connectivity index (χ3n) is 2.03. The van der Waals surface area contributed by atoms with E-state index in [-0.39, 0.29) is 16.2 Å². The highest BCUT2D eigenvalue weighted by atomic mass is 19.4. The first-order valence-electron chi connectivity index (χ1n) is 4.35. The van der Waals surface area contributed by atoms with Gasteiger partial charge in [-0.15, -0.1) is 0 Å². The molecule has 0 aromatic heterocycles. The van der Waals surface area contributed by atoms with E-state index in [0.717, 1.165) is 13.1 Å². The molecule has 1 aromatic carbocycles. The Bertz CT molecular complexity index is 390. The average Bonchev–Trinajstić information content (AvgIpc) is 2.26. The first-order chi connectivity index (χ1) is 7.36. The van der Waals surface area contributed by atoms with Gasteiger partial charge in [-0.05, 0) is 18.2 Å². The van der Waals surface area contributed by atoms with Gasteiger partial charge in [0.15, 0.2) is 0 Å². The van der Waals surface area contributed by atoms with Crippen LogP contribution in [0.2, 0.25) is 0 Å². The smallest absolute Gasteiger partial charge is 0.465 e. The standard InChI is InChI=1S/C10H10F3NO2/c1-14(10(11,12)13)8-5-3-4-7(6-8)9(15)16-2/h3-6H,1-2H3. The first kappa shape index (κ1) is 12.4. The summed E-state index contributed by atoms with van der Waals surface area (Å²) in [6, 6.07) is 5.14. The number of benzene rings is 1. The normalized spacial score (nSPS) is 11.1. The molecular weight excluding hydrogens is 223 g/mol. The third kappa shape index (κ3) is 2.65. The van der Waals surface area contributed by atoms with Crippen molar-refractivity contribution in [2.75, 3.05) is 19.1 Å². The molecule has 6 heteroatoms. The van der Waals surface area contributed by atoms with Crippen molar-refractivity contribution in [3.8, 4) is 0 Å². The molecule has 0 amide bonds. The molecule has 0 radical (unpaired) electrons. The highest BCUT2D eigenvalue weighted by Gasteiger charge is 2.34. The Morgan fingerprint density at radius 3 is 2.50 bits per heavy atom. The van der Waals surface area contributed by atoms with Crippen LogP contribution < -0.4 is 4.90 Å². The van der Waals surface area contributed by atoms with E-state index in [4.69, 9.17) is 0 Å². The van der Waals surface area contributed by atoms with Gasteiger partial charge in [0, 0.05) is 12.7 Å². The molecule has 0 atom stereocenters. The maximum atomic E-state index is 12.4. The van der Waals surface area contributed by atoms with Crippen LogP contribution in [0.3, 0.4) is 0 Å². The van der Waals surface area contributed by atoms with Crippen molar-refractivity contribution in [3.05, 3.63) is 29.8 Å². The lowest BCUT2D eigenvalue weighted by molar-refractivity contribution is -0.125. The number of rotatable bonds is 2. The predicted molar refractivity (Wildman–Crippen MR) is 52.2 cm³/mol. The Hall–Kier alpha value is -1.72. The highest BCUT2D eigenvalue weighted by Crippen LogP contribution is 2.27. The van der Waals surface area contributed by atoms with Crippen LogP contribution in [0.25, 0.3) is 0 Å². The van der Waals surface area contributed by atoms with E-state index >= 15 is 0 Å². The number of esters is 1. The Labute approximate surface area is 90.4 Å². The molecule has 3 nitrogen and oxygen atoms in total. The zero-order valence-corrected chi connectivity index (χ0v) is 8.71. The molecular formula is C10H10F3NO2. The van der Waals surface area contributed by atoms with E-state index in [2.05, 4.69) is 4.74 Å². The van der Waals surface area contributed by atoms with Crippen molar-refractivity contribution in [1.82, 2.24) is 0 Å². The number of carbonyl (C=O) groups excluding carboxylic acids is 1. The summed E-state index contributed by atoms with van der Waals surface area (Å²) < 4.78 is 41.5. The van der Waals surface area contributed by atoms with Gasteiger partial charge in [0.1, 0.15) is 0 Å². The largest absolute Gasteiger partial charge is 0.484 e. The Morgan fingerprint density at radius 2 is 2.00 bits per heavy atom. The number of ether oxygens (including phenoxy) is 1. The maximum Gasteiger partial charge on any atom is 0.484 e. The molecule has 0 saturated carbocycles. The van der Waals surface area contributed by atoms with E-state index in [1.54, 1.807) is 0 Å². The molecule has 1 aromatic rings. The fourth-order valence-corrected chi connectivity index (χ4v) is 1.11. The number of alkyl halides is 3. The molecule has 0 saturated heterocycles. The Morgan fingerprint density at radius 1 is 1.38 bits per heavy atom. The van der Waals surface area contributed by atoms with E-state index in [1.807, 2.05) is 0 Å². The number of methoxy groups -OCH3 is 1. The predicted octanol–water partition coefficient (Wildman–Crippen LogP) is 2.43. The second-order valence-corrected chi connectivity index (χ2v) is 3.07. The number of hydrogen-bond acceptors (Lipinski definition) is 3. The van der Waals surface area contributed by atoms with Crippen molar-refractivity contribution in [2.45, 2.75) is 6.30 Å². The minimum atomic E-state index is -4.48. The summed E-state index contributed by atoms with van der Waals surface area (Å²) in [5.41, 5.74) is -0.0356. The lowest BCUT2D eigenvalue weighted by Crippen LogP contribution is -2.34. The molecule has 0 aliphatic heterocycles. The molecule has 16 heavy (non-hydrogen) atoms. The lowest BCUT2D eigenvalue weighted by Gasteiger charge is -2.22. The van der Waals surface area contributed by atoms with Gasteiger partial charge in [-0.25, -0.2) is 4.79 Å². The molecule has 0 fully saturated rings. The Balaban J connectivity index is 3.03. The molecule has 0 bridgehead atoms. The van der Waals surface area contributed by atoms with Gasteiger partial charge in [-0.2, -0.15) is 13.2 Å². The van der Waals surface area contributed by atoms with Crippen LogP contribution in [0.4, 0.5) is 18.9 Å². The second-order valence-electron chi connectivity index (χ2n) is 3.07. The fraction of sp³-hybridized carbons (Fsp3) is 0.300. The van der Waals surface area contributed by atoms with Crippen LogP contribution in [0.5, 0.6) is 0 Å². The van der Waals surface area contributed by atoms with Crippen LogP contribution in [0.15, 0.2) is 24.3 Å². The van der Waals surface area contributed by atoms with Gasteiger partial charge in [0.25, 0.3) is 0 Å². The summed E-state index contributed by atoms with van der Waals surface area (Å²) in [6.45, 7) is 0. The number of anilines is 1. The second kappa shape index (κ2) is 4.42. The monoisotopic (exact) mass is 233 g/mol. The topological polar surface area (TPSA) is 29.5 Å². The van der Waals surface area contributed by atoms with Crippen molar-refractivity contribution < 1.29 is 22.7 Å². The summed E-state index contributed by atoms with van der Waals surface area (Å²) in [7, 11) is 2.05. The number of hydrogen-bond donors (Lipinski definition) is 0. The zero-order valence-electron chi connectivity index (χ0n) is 8.71. The van der Waals surface area contributed by atoms with Gasteiger partial charge in [-0.1, -0.05) is 6.07 Å². The SMILES string of the molecule is COC(=O)c1cccc(N(C)C(F)(F)F)c1. The molecule has 0 spiro atoms. The molecule has 88 valence electrons. The highest BCUT2D eigenvalue weighted by molar-refractivity contribution is 5.90. The molecule has 0 aliphatic carbocycles. The van der Waals surface area contributed by atoms with Crippen molar-refractivity contribution in [3.63, 3.8) is 0 Å². The summed E-state index contributed by atoms with van der Waals surface area (Å²) in [6.07, 6.45) is -4.48. The molecule has 0 heterocycles.